The smallest absolute Gasteiger partial charge is 0.267 e. The maximum absolute atomic E-state index is 12.4. The average molecular weight is 333 g/mol. The van der Waals surface area contributed by atoms with Crippen molar-refractivity contribution in [3.05, 3.63) is 48.8 Å². The topological polar surface area (TPSA) is 88.6 Å². The van der Waals surface area contributed by atoms with Gasteiger partial charge in [0.25, 0.3) is 5.91 Å². The Morgan fingerprint density at radius 3 is 2.78 bits per heavy atom. The van der Waals surface area contributed by atoms with Crippen molar-refractivity contribution in [2.24, 2.45) is 0 Å². The van der Waals surface area contributed by atoms with E-state index in [9.17, 15) is 13.2 Å². The fourth-order valence-electron chi connectivity index (χ4n) is 2.31. The highest BCUT2D eigenvalue weighted by Gasteiger charge is 2.34. The van der Waals surface area contributed by atoms with Gasteiger partial charge in [0, 0.05) is 6.20 Å². The molecule has 1 aromatic heterocycles. The van der Waals surface area contributed by atoms with Crippen LogP contribution < -0.4 is 14.4 Å². The summed E-state index contributed by atoms with van der Waals surface area (Å²) in [5, 5.41) is 2.67. The maximum Gasteiger partial charge on any atom is 0.267 e. The molecule has 0 spiro atoms. The summed E-state index contributed by atoms with van der Waals surface area (Å²) in [4.78, 5) is 16.3. The zero-order valence-electron chi connectivity index (χ0n) is 12.3. The molecule has 1 aliphatic heterocycles. The number of nitrogens with zero attached hydrogens (tertiary/aromatic N) is 2. The third-order valence-electron chi connectivity index (χ3n) is 3.36. The number of nitrogens with one attached hydrogen (secondary N) is 1. The van der Waals surface area contributed by atoms with Crippen molar-refractivity contribution in [2.45, 2.75) is 6.10 Å². The summed E-state index contributed by atoms with van der Waals surface area (Å²) in [6, 6.07) is 10.1. The number of benzene rings is 1. The third kappa shape index (κ3) is 3.26. The SMILES string of the molecule is CS(=O)(=O)N1C[C@@H](C(=O)Nc2cccnc2)Oc2ccccc21. The lowest BCUT2D eigenvalue weighted by Gasteiger charge is -2.33. The molecule has 0 saturated carbocycles. The van der Waals surface area contributed by atoms with E-state index in [0.717, 1.165) is 6.26 Å². The minimum Gasteiger partial charge on any atom is -0.476 e. The molecule has 120 valence electrons. The molecule has 0 bridgehead atoms. The van der Waals surface area contributed by atoms with E-state index >= 15 is 0 Å². The monoisotopic (exact) mass is 333 g/mol. The van der Waals surface area contributed by atoms with Crippen molar-refractivity contribution in [3.8, 4) is 5.75 Å². The number of hydrogen-bond donors (Lipinski definition) is 1. The normalized spacial score (nSPS) is 17.1. The average Bonchev–Trinajstić information content (AvgIpc) is 2.54. The predicted octanol–water partition coefficient (Wildman–Crippen LogP) is 1.25. The van der Waals surface area contributed by atoms with Gasteiger partial charge in [-0.2, -0.15) is 0 Å². The van der Waals surface area contributed by atoms with Gasteiger partial charge in [0.1, 0.15) is 5.75 Å². The lowest BCUT2D eigenvalue weighted by Crippen LogP contribution is -2.48. The summed E-state index contributed by atoms with van der Waals surface area (Å²) in [6.07, 6.45) is 3.25. The first-order chi connectivity index (χ1) is 10.9. The number of aromatic nitrogens is 1. The summed E-state index contributed by atoms with van der Waals surface area (Å²) in [7, 11) is -3.52. The number of hydrogen-bond acceptors (Lipinski definition) is 5. The highest BCUT2D eigenvalue weighted by Crippen LogP contribution is 2.34. The number of para-hydroxylation sites is 2. The minimum absolute atomic E-state index is 0.0814. The molecular formula is C15H15N3O4S. The van der Waals surface area contributed by atoms with Gasteiger partial charge in [-0.25, -0.2) is 8.42 Å². The molecule has 23 heavy (non-hydrogen) atoms. The third-order valence-corrected chi connectivity index (χ3v) is 4.50. The van der Waals surface area contributed by atoms with Crippen LogP contribution in [0.25, 0.3) is 0 Å². The van der Waals surface area contributed by atoms with E-state index < -0.39 is 22.0 Å². The van der Waals surface area contributed by atoms with Gasteiger partial charge in [0.2, 0.25) is 10.0 Å². The lowest BCUT2D eigenvalue weighted by molar-refractivity contribution is -0.122. The van der Waals surface area contributed by atoms with Crippen LogP contribution in [0.2, 0.25) is 0 Å². The largest absolute Gasteiger partial charge is 0.476 e. The zero-order valence-corrected chi connectivity index (χ0v) is 13.2. The number of carbonyl (C=O) groups is 1. The number of sulfonamides is 1. The Bertz CT molecular complexity index is 824. The Morgan fingerprint density at radius 2 is 2.09 bits per heavy atom. The molecule has 0 unspecified atom stereocenters. The van der Waals surface area contributed by atoms with Gasteiger partial charge in [-0.3, -0.25) is 14.1 Å². The predicted molar refractivity (Wildman–Crippen MR) is 85.9 cm³/mol. The molecule has 2 aromatic rings. The van der Waals surface area contributed by atoms with Crippen LogP contribution in [0.1, 0.15) is 0 Å². The first kappa shape index (κ1) is 15.3. The van der Waals surface area contributed by atoms with Crippen molar-refractivity contribution in [3.63, 3.8) is 0 Å². The molecule has 3 rings (SSSR count). The molecule has 7 nitrogen and oxygen atoms in total. The zero-order chi connectivity index (χ0) is 16.4. The molecule has 0 saturated heterocycles. The van der Waals surface area contributed by atoms with E-state index in [-0.39, 0.29) is 6.54 Å². The Labute approximate surface area is 134 Å². The van der Waals surface area contributed by atoms with Crippen LogP contribution in [0.3, 0.4) is 0 Å². The first-order valence-corrected chi connectivity index (χ1v) is 8.74. The molecule has 1 amide bonds. The van der Waals surface area contributed by atoms with Crippen LogP contribution >= 0.6 is 0 Å². The lowest BCUT2D eigenvalue weighted by atomic mass is 10.2. The number of carbonyl (C=O) groups excluding carboxylic acids is 1. The second-order valence-corrected chi connectivity index (χ2v) is 7.01. The molecular weight excluding hydrogens is 318 g/mol. The Hall–Kier alpha value is -2.61. The van der Waals surface area contributed by atoms with Crippen LogP contribution in [-0.4, -0.2) is 38.2 Å². The molecule has 0 aliphatic carbocycles. The standard InChI is InChI=1S/C15H15N3O4S/c1-23(20,21)18-10-14(22-13-7-3-2-6-12(13)18)15(19)17-11-5-4-8-16-9-11/h2-9,14H,10H2,1H3,(H,17,19)/t14-/m0/s1. The van der Waals surface area contributed by atoms with Gasteiger partial charge in [0.15, 0.2) is 6.10 Å². The summed E-state index contributed by atoms with van der Waals surface area (Å²) in [6.45, 7) is -0.0814. The Kier molecular flexibility index (Phi) is 3.91. The number of anilines is 2. The van der Waals surface area contributed by atoms with Gasteiger partial charge < -0.3 is 10.1 Å². The molecule has 2 heterocycles. The van der Waals surface area contributed by atoms with Crippen LogP contribution in [0.5, 0.6) is 5.75 Å². The van der Waals surface area contributed by atoms with Gasteiger partial charge in [-0.1, -0.05) is 12.1 Å². The maximum atomic E-state index is 12.4. The van der Waals surface area contributed by atoms with Gasteiger partial charge in [0.05, 0.1) is 30.4 Å². The highest BCUT2D eigenvalue weighted by molar-refractivity contribution is 7.92. The molecule has 1 atom stereocenters. The number of fused-ring (bicyclic) bond motifs is 1. The van der Waals surface area contributed by atoms with E-state index in [2.05, 4.69) is 10.3 Å². The van der Waals surface area contributed by atoms with E-state index in [1.54, 1.807) is 42.6 Å². The van der Waals surface area contributed by atoms with Gasteiger partial charge in [-0.15, -0.1) is 0 Å². The molecule has 1 N–H and O–H groups in total. The fraction of sp³-hybridized carbons (Fsp3) is 0.200. The molecule has 1 aliphatic rings. The van der Waals surface area contributed by atoms with E-state index in [1.807, 2.05) is 0 Å². The van der Waals surface area contributed by atoms with Crippen molar-refractivity contribution >= 4 is 27.3 Å². The highest BCUT2D eigenvalue weighted by atomic mass is 32.2. The Balaban J connectivity index is 1.87. The van der Waals surface area contributed by atoms with Crippen molar-refractivity contribution in [1.82, 2.24) is 4.98 Å². The number of amides is 1. The molecule has 1 aromatic carbocycles. The molecule has 0 radical (unpaired) electrons. The molecule has 0 fully saturated rings. The molecule has 8 heteroatoms. The van der Waals surface area contributed by atoms with Crippen molar-refractivity contribution < 1.29 is 17.9 Å². The van der Waals surface area contributed by atoms with E-state index in [1.165, 1.54) is 10.5 Å². The van der Waals surface area contributed by atoms with Crippen molar-refractivity contribution in [1.29, 1.82) is 0 Å². The number of pyridine rings is 1. The minimum atomic E-state index is -3.52. The second kappa shape index (κ2) is 5.88. The van der Waals surface area contributed by atoms with E-state index in [0.29, 0.717) is 17.1 Å². The number of ether oxygens (including phenoxy) is 1. The summed E-state index contributed by atoms with van der Waals surface area (Å²) in [5.41, 5.74) is 0.950. The van der Waals surface area contributed by atoms with Gasteiger partial charge in [-0.05, 0) is 24.3 Å². The van der Waals surface area contributed by atoms with E-state index in [4.69, 9.17) is 4.74 Å². The first-order valence-electron chi connectivity index (χ1n) is 6.89. The second-order valence-electron chi connectivity index (χ2n) is 5.10. The van der Waals surface area contributed by atoms with Crippen molar-refractivity contribution in [2.75, 3.05) is 22.4 Å². The Morgan fingerprint density at radius 1 is 1.30 bits per heavy atom. The summed E-state index contributed by atoms with van der Waals surface area (Å²) >= 11 is 0. The summed E-state index contributed by atoms with van der Waals surface area (Å²) < 4.78 is 30.8. The fourth-order valence-corrected chi connectivity index (χ4v) is 3.23. The van der Waals surface area contributed by atoms with Crippen LogP contribution in [-0.2, 0) is 14.8 Å². The van der Waals surface area contributed by atoms with Crippen LogP contribution in [0, 0.1) is 0 Å². The quantitative estimate of drug-likeness (QED) is 0.913. The van der Waals surface area contributed by atoms with Crippen LogP contribution in [0.4, 0.5) is 11.4 Å². The number of rotatable bonds is 3. The van der Waals surface area contributed by atoms with Crippen LogP contribution in [0.15, 0.2) is 48.8 Å². The van der Waals surface area contributed by atoms with Gasteiger partial charge >= 0.3 is 0 Å². The summed E-state index contributed by atoms with van der Waals surface area (Å²) in [5.74, 6) is -0.0725.